The second kappa shape index (κ2) is 7.35. The van der Waals surface area contributed by atoms with Gasteiger partial charge in [0.25, 0.3) is 0 Å². The number of methoxy groups -OCH3 is 1. The van der Waals surface area contributed by atoms with Gasteiger partial charge in [-0.05, 0) is 36.0 Å². The maximum Gasteiger partial charge on any atom is 0.308 e. The molecule has 0 saturated carbocycles. The lowest BCUT2D eigenvalue weighted by atomic mass is 9.76. The first-order chi connectivity index (χ1) is 12.4. The summed E-state index contributed by atoms with van der Waals surface area (Å²) >= 11 is 0. The van der Waals surface area contributed by atoms with E-state index >= 15 is 0 Å². The molecular weight excluding hydrogens is 334 g/mol. The van der Waals surface area contributed by atoms with Crippen LogP contribution in [0.25, 0.3) is 0 Å². The minimum absolute atomic E-state index is 0.0459. The predicted octanol–water partition coefficient (Wildman–Crippen LogP) is 3.40. The molecule has 3 atom stereocenters. The van der Waals surface area contributed by atoms with Crippen LogP contribution < -0.4 is 19.5 Å². The highest BCUT2D eigenvalue weighted by atomic mass is 16.7. The van der Waals surface area contributed by atoms with Gasteiger partial charge in [-0.1, -0.05) is 27.2 Å². The molecule has 0 bridgehead atoms. The molecule has 0 aromatic heterocycles. The molecular formula is C20H29NO5. The van der Waals surface area contributed by atoms with Crippen LogP contribution in [0.4, 0.5) is 0 Å². The van der Waals surface area contributed by atoms with Gasteiger partial charge >= 0.3 is 5.97 Å². The van der Waals surface area contributed by atoms with Gasteiger partial charge in [0.2, 0.25) is 12.5 Å². The molecule has 1 unspecified atom stereocenters. The lowest BCUT2D eigenvalue weighted by Gasteiger charge is -2.30. The van der Waals surface area contributed by atoms with E-state index in [0.717, 1.165) is 24.8 Å². The van der Waals surface area contributed by atoms with Crippen LogP contribution >= 0.6 is 0 Å². The highest BCUT2D eigenvalue weighted by Crippen LogP contribution is 2.46. The van der Waals surface area contributed by atoms with Crippen LogP contribution in [0.2, 0.25) is 0 Å². The molecule has 1 aromatic carbocycles. The second-order valence-corrected chi connectivity index (χ2v) is 8.06. The number of aliphatic carboxylic acids is 1. The number of carboxylic acid groups (broad SMARTS) is 1. The van der Waals surface area contributed by atoms with Crippen LogP contribution in [-0.2, 0) is 4.79 Å². The van der Waals surface area contributed by atoms with Gasteiger partial charge in [0.1, 0.15) is 0 Å². The molecule has 6 nitrogen and oxygen atoms in total. The summed E-state index contributed by atoms with van der Waals surface area (Å²) in [5, 5.41) is 13.4. The van der Waals surface area contributed by atoms with Crippen molar-refractivity contribution in [1.29, 1.82) is 0 Å². The van der Waals surface area contributed by atoms with Gasteiger partial charge in [-0.3, -0.25) is 4.79 Å². The van der Waals surface area contributed by atoms with Crippen LogP contribution in [0.15, 0.2) is 12.1 Å². The van der Waals surface area contributed by atoms with Crippen molar-refractivity contribution in [3.8, 4) is 17.2 Å². The summed E-state index contributed by atoms with van der Waals surface area (Å²) in [6, 6.07) is 3.73. The van der Waals surface area contributed by atoms with Crippen LogP contribution in [0.5, 0.6) is 17.2 Å². The van der Waals surface area contributed by atoms with Gasteiger partial charge in [-0.25, -0.2) is 0 Å². The summed E-state index contributed by atoms with van der Waals surface area (Å²) in [5.74, 6) is 0.449. The smallest absolute Gasteiger partial charge is 0.308 e. The Labute approximate surface area is 154 Å². The highest BCUT2D eigenvalue weighted by Gasteiger charge is 2.44. The first kappa shape index (κ1) is 18.8. The van der Waals surface area contributed by atoms with E-state index in [2.05, 4.69) is 26.1 Å². The van der Waals surface area contributed by atoms with E-state index in [9.17, 15) is 9.90 Å². The number of carboxylic acids is 1. The van der Waals surface area contributed by atoms with Crippen molar-refractivity contribution in [2.24, 2.45) is 11.3 Å². The number of hydrogen-bond donors (Lipinski definition) is 2. The Morgan fingerprint density at radius 3 is 2.81 bits per heavy atom. The summed E-state index contributed by atoms with van der Waals surface area (Å²) < 4.78 is 16.4. The van der Waals surface area contributed by atoms with E-state index < -0.39 is 11.9 Å². The van der Waals surface area contributed by atoms with Crippen LogP contribution in [-0.4, -0.2) is 37.6 Å². The molecule has 1 saturated heterocycles. The molecule has 1 aromatic rings. The van der Waals surface area contributed by atoms with Gasteiger partial charge < -0.3 is 24.6 Å². The molecule has 3 rings (SSSR count). The van der Waals surface area contributed by atoms with E-state index in [4.69, 9.17) is 14.2 Å². The van der Waals surface area contributed by atoms with E-state index in [1.807, 2.05) is 12.1 Å². The average Bonchev–Trinajstić information content (AvgIpc) is 3.19. The van der Waals surface area contributed by atoms with Crippen molar-refractivity contribution in [2.45, 2.75) is 52.0 Å². The first-order valence-electron chi connectivity index (χ1n) is 9.30. The number of hydrogen-bond acceptors (Lipinski definition) is 5. The molecule has 1 fully saturated rings. The molecule has 2 aliphatic heterocycles. The Morgan fingerprint density at radius 1 is 1.38 bits per heavy atom. The van der Waals surface area contributed by atoms with Crippen molar-refractivity contribution < 1.29 is 24.1 Å². The van der Waals surface area contributed by atoms with Gasteiger partial charge in [-0.15, -0.1) is 0 Å². The zero-order chi connectivity index (χ0) is 18.9. The second-order valence-electron chi connectivity index (χ2n) is 8.06. The van der Waals surface area contributed by atoms with Gasteiger partial charge in [0.15, 0.2) is 11.5 Å². The SMILES string of the molecule is CCCC(C)(C)C[C@H]1NCC(c2cc(OC)c3c(c2)OCO3)[C@@H]1C(=O)O. The predicted molar refractivity (Wildman–Crippen MR) is 98.1 cm³/mol. The maximum absolute atomic E-state index is 12.1. The number of carbonyl (C=O) groups is 1. The number of nitrogens with one attached hydrogen (secondary N) is 1. The Balaban J connectivity index is 1.87. The summed E-state index contributed by atoms with van der Waals surface area (Å²) in [7, 11) is 1.58. The molecule has 2 N–H and O–H groups in total. The molecule has 144 valence electrons. The zero-order valence-electron chi connectivity index (χ0n) is 16.0. The maximum atomic E-state index is 12.1. The minimum Gasteiger partial charge on any atom is -0.493 e. The van der Waals surface area contributed by atoms with Crippen molar-refractivity contribution in [3.63, 3.8) is 0 Å². The largest absolute Gasteiger partial charge is 0.493 e. The zero-order valence-corrected chi connectivity index (χ0v) is 16.0. The van der Waals surface area contributed by atoms with Crippen molar-refractivity contribution >= 4 is 5.97 Å². The van der Waals surface area contributed by atoms with E-state index in [1.165, 1.54) is 0 Å². The molecule has 0 amide bonds. The molecule has 0 spiro atoms. The van der Waals surface area contributed by atoms with Crippen LogP contribution in [0, 0.1) is 11.3 Å². The first-order valence-corrected chi connectivity index (χ1v) is 9.30. The Hall–Kier alpha value is -1.95. The fraction of sp³-hybridized carbons (Fsp3) is 0.650. The summed E-state index contributed by atoms with van der Waals surface area (Å²) in [4.78, 5) is 12.1. The lowest BCUT2D eigenvalue weighted by molar-refractivity contribution is -0.142. The topological polar surface area (TPSA) is 77.0 Å². The van der Waals surface area contributed by atoms with Crippen molar-refractivity contribution in [3.05, 3.63) is 17.7 Å². The lowest BCUT2D eigenvalue weighted by Crippen LogP contribution is -2.36. The summed E-state index contributed by atoms with van der Waals surface area (Å²) in [6.45, 7) is 7.39. The quantitative estimate of drug-likeness (QED) is 0.773. The molecule has 0 radical (unpaired) electrons. The third-order valence-electron chi connectivity index (χ3n) is 5.56. The normalized spacial score (nSPS) is 24.7. The van der Waals surface area contributed by atoms with Crippen molar-refractivity contribution in [2.75, 3.05) is 20.4 Å². The number of fused-ring (bicyclic) bond motifs is 1. The molecule has 26 heavy (non-hydrogen) atoms. The Bertz CT molecular complexity index is 672. The average molecular weight is 363 g/mol. The molecule has 2 heterocycles. The molecule has 2 aliphatic rings. The fourth-order valence-electron chi connectivity index (χ4n) is 4.42. The Kier molecular flexibility index (Phi) is 5.32. The van der Waals surface area contributed by atoms with Crippen molar-refractivity contribution in [1.82, 2.24) is 5.32 Å². The highest BCUT2D eigenvalue weighted by molar-refractivity contribution is 5.73. The van der Waals surface area contributed by atoms with E-state index in [-0.39, 0.29) is 24.2 Å². The molecule has 6 heteroatoms. The number of ether oxygens (including phenoxy) is 3. The van der Waals surface area contributed by atoms with Crippen LogP contribution in [0.3, 0.4) is 0 Å². The van der Waals surface area contributed by atoms with Gasteiger partial charge in [-0.2, -0.15) is 0 Å². The number of benzene rings is 1. The third kappa shape index (κ3) is 3.61. The standard InChI is InChI=1S/C20H29NO5/c1-5-6-20(2,3)9-14-17(19(22)23)13(10-21-14)12-7-15(24-4)18-16(8-12)25-11-26-18/h7-8,13-14,17,21H,5-6,9-11H2,1-4H3,(H,22,23)/t13?,14-,17+/m1/s1. The number of rotatable bonds is 7. The van der Waals surface area contributed by atoms with E-state index in [0.29, 0.717) is 23.8 Å². The van der Waals surface area contributed by atoms with E-state index in [1.54, 1.807) is 7.11 Å². The Morgan fingerprint density at radius 2 is 2.15 bits per heavy atom. The molecule has 0 aliphatic carbocycles. The fourth-order valence-corrected chi connectivity index (χ4v) is 4.42. The van der Waals surface area contributed by atoms with Gasteiger partial charge in [0.05, 0.1) is 13.0 Å². The van der Waals surface area contributed by atoms with Gasteiger partial charge in [0, 0.05) is 18.5 Å². The summed E-state index contributed by atoms with van der Waals surface area (Å²) in [5.41, 5.74) is 1.03. The summed E-state index contributed by atoms with van der Waals surface area (Å²) in [6.07, 6.45) is 3.02. The minimum atomic E-state index is -0.756. The monoisotopic (exact) mass is 363 g/mol. The third-order valence-corrected chi connectivity index (χ3v) is 5.56. The van der Waals surface area contributed by atoms with Crippen LogP contribution in [0.1, 0.15) is 51.5 Å².